The van der Waals surface area contributed by atoms with Crippen molar-refractivity contribution in [1.29, 1.82) is 0 Å². The lowest BCUT2D eigenvalue weighted by Gasteiger charge is -2.16. The molecule has 0 aliphatic rings. The first-order valence-electron chi connectivity index (χ1n) is 6.94. The number of methoxy groups -OCH3 is 2. The summed E-state index contributed by atoms with van der Waals surface area (Å²) in [6, 6.07) is 12.7. The number of benzene rings is 2. The Labute approximate surface area is 134 Å². The van der Waals surface area contributed by atoms with Crippen LogP contribution in [0.1, 0.15) is 22.0 Å². The predicted octanol–water partition coefficient (Wildman–Crippen LogP) is 1.66. The second kappa shape index (κ2) is 7.31. The topological polar surface area (TPSA) is 90.6 Å². The molecule has 2 rings (SSSR count). The number of carbonyl (C=O) groups is 2. The first-order valence-corrected chi connectivity index (χ1v) is 6.94. The van der Waals surface area contributed by atoms with Crippen molar-refractivity contribution in [3.8, 4) is 11.5 Å². The van der Waals surface area contributed by atoms with Crippen LogP contribution in [0.5, 0.6) is 11.5 Å². The summed E-state index contributed by atoms with van der Waals surface area (Å²) < 4.78 is 10.3. The molecule has 0 heterocycles. The van der Waals surface area contributed by atoms with Gasteiger partial charge in [-0.3, -0.25) is 9.59 Å². The zero-order chi connectivity index (χ0) is 16.8. The molecule has 2 amide bonds. The molecule has 0 saturated heterocycles. The van der Waals surface area contributed by atoms with Gasteiger partial charge in [-0.25, -0.2) is 0 Å². The number of nitrogens with two attached hydrogens (primary N) is 1. The van der Waals surface area contributed by atoms with Crippen LogP contribution < -0.4 is 20.5 Å². The Hall–Kier alpha value is -3.02. The highest BCUT2D eigenvalue weighted by molar-refractivity contribution is 5.98. The first kappa shape index (κ1) is 16.4. The minimum atomic E-state index is -0.906. The molecule has 3 N–H and O–H groups in total. The van der Waals surface area contributed by atoms with E-state index in [0.29, 0.717) is 22.6 Å². The molecule has 0 spiro atoms. The van der Waals surface area contributed by atoms with E-state index in [1.54, 1.807) is 36.4 Å². The van der Waals surface area contributed by atoms with Gasteiger partial charge in [0, 0.05) is 5.56 Å². The molecule has 0 aliphatic carbocycles. The van der Waals surface area contributed by atoms with Crippen LogP contribution >= 0.6 is 0 Å². The van der Waals surface area contributed by atoms with Gasteiger partial charge in [0.15, 0.2) is 11.5 Å². The van der Waals surface area contributed by atoms with E-state index < -0.39 is 17.9 Å². The molecule has 0 radical (unpaired) electrons. The fourth-order valence-electron chi connectivity index (χ4n) is 2.16. The van der Waals surface area contributed by atoms with E-state index in [2.05, 4.69) is 5.32 Å². The molecule has 6 heteroatoms. The highest BCUT2D eigenvalue weighted by Gasteiger charge is 2.21. The standard InChI is InChI=1S/C17H18N2O4/c1-22-13-9-8-12(10-14(13)23-2)17(21)19-15(16(18)20)11-6-4-3-5-7-11/h3-10,15H,1-2H3,(H2,18,20)(H,19,21). The second-order valence-electron chi connectivity index (χ2n) is 4.79. The zero-order valence-corrected chi connectivity index (χ0v) is 12.9. The minimum Gasteiger partial charge on any atom is -0.493 e. The fraction of sp³-hybridized carbons (Fsp3) is 0.176. The average molecular weight is 314 g/mol. The lowest BCUT2D eigenvalue weighted by Crippen LogP contribution is -2.37. The van der Waals surface area contributed by atoms with Crippen molar-refractivity contribution in [2.45, 2.75) is 6.04 Å². The van der Waals surface area contributed by atoms with Gasteiger partial charge in [-0.15, -0.1) is 0 Å². The molecule has 0 aromatic heterocycles. The number of ether oxygens (including phenoxy) is 2. The Morgan fingerprint density at radius 1 is 1.00 bits per heavy atom. The number of rotatable bonds is 6. The van der Waals surface area contributed by atoms with Gasteiger partial charge in [-0.2, -0.15) is 0 Å². The van der Waals surface area contributed by atoms with Crippen molar-refractivity contribution in [2.24, 2.45) is 5.73 Å². The van der Waals surface area contributed by atoms with Gasteiger partial charge in [0.25, 0.3) is 5.91 Å². The highest BCUT2D eigenvalue weighted by Crippen LogP contribution is 2.27. The monoisotopic (exact) mass is 314 g/mol. The third-order valence-corrected chi connectivity index (χ3v) is 3.34. The van der Waals surface area contributed by atoms with E-state index in [4.69, 9.17) is 15.2 Å². The SMILES string of the molecule is COc1ccc(C(=O)NC(C(N)=O)c2ccccc2)cc1OC. The maximum absolute atomic E-state index is 12.4. The van der Waals surface area contributed by atoms with Gasteiger partial charge in [0.1, 0.15) is 6.04 Å². The summed E-state index contributed by atoms with van der Waals surface area (Å²) in [6.07, 6.45) is 0. The maximum atomic E-state index is 12.4. The molecule has 23 heavy (non-hydrogen) atoms. The molecular formula is C17H18N2O4. The van der Waals surface area contributed by atoms with Crippen molar-refractivity contribution in [2.75, 3.05) is 14.2 Å². The minimum absolute atomic E-state index is 0.338. The first-order chi connectivity index (χ1) is 11.1. The molecule has 1 unspecified atom stereocenters. The highest BCUT2D eigenvalue weighted by atomic mass is 16.5. The van der Waals surface area contributed by atoms with Crippen molar-refractivity contribution in [1.82, 2.24) is 5.32 Å². The number of amides is 2. The Kier molecular flexibility index (Phi) is 5.19. The summed E-state index contributed by atoms with van der Waals surface area (Å²) in [4.78, 5) is 24.0. The summed E-state index contributed by atoms with van der Waals surface area (Å²) in [5.74, 6) is -0.127. The van der Waals surface area contributed by atoms with Crippen LogP contribution in [0, 0.1) is 0 Å². The summed E-state index contributed by atoms with van der Waals surface area (Å²) in [5.41, 5.74) is 6.36. The molecular weight excluding hydrogens is 296 g/mol. The van der Waals surface area contributed by atoms with Gasteiger partial charge in [0.2, 0.25) is 5.91 Å². The van der Waals surface area contributed by atoms with Gasteiger partial charge in [-0.05, 0) is 23.8 Å². The number of hydrogen-bond acceptors (Lipinski definition) is 4. The van der Waals surface area contributed by atoms with Crippen LogP contribution in [0.4, 0.5) is 0 Å². The van der Waals surface area contributed by atoms with Crippen LogP contribution in [0.2, 0.25) is 0 Å². The molecule has 0 saturated carbocycles. The van der Waals surface area contributed by atoms with Gasteiger partial charge in [-0.1, -0.05) is 30.3 Å². The number of nitrogens with one attached hydrogen (secondary N) is 1. The second-order valence-corrected chi connectivity index (χ2v) is 4.79. The summed E-state index contributed by atoms with van der Waals surface area (Å²) >= 11 is 0. The maximum Gasteiger partial charge on any atom is 0.252 e. The number of hydrogen-bond donors (Lipinski definition) is 2. The lowest BCUT2D eigenvalue weighted by atomic mass is 10.1. The summed E-state index contributed by atoms with van der Waals surface area (Å²) in [6.45, 7) is 0. The van der Waals surface area contributed by atoms with Crippen LogP contribution in [0.3, 0.4) is 0 Å². The molecule has 0 aliphatic heterocycles. The zero-order valence-electron chi connectivity index (χ0n) is 12.9. The van der Waals surface area contributed by atoms with Crippen LogP contribution in [-0.4, -0.2) is 26.0 Å². The number of primary amides is 1. The molecule has 0 bridgehead atoms. The van der Waals surface area contributed by atoms with E-state index >= 15 is 0 Å². The Balaban J connectivity index is 2.24. The van der Waals surface area contributed by atoms with E-state index in [1.807, 2.05) is 6.07 Å². The smallest absolute Gasteiger partial charge is 0.252 e. The Bertz CT molecular complexity index is 701. The molecule has 2 aromatic rings. The Morgan fingerprint density at radius 2 is 1.65 bits per heavy atom. The van der Waals surface area contributed by atoms with Gasteiger partial charge in [0.05, 0.1) is 14.2 Å². The molecule has 6 nitrogen and oxygen atoms in total. The van der Waals surface area contributed by atoms with Crippen LogP contribution in [0.25, 0.3) is 0 Å². The average Bonchev–Trinajstić information content (AvgIpc) is 2.59. The van der Waals surface area contributed by atoms with Crippen LogP contribution in [-0.2, 0) is 4.79 Å². The molecule has 2 aromatic carbocycles. The predicted molar refractivity (Wildman–Crippen MR) is 85.4 cm³/mol. The van der Waals surface area contributed by atoms with Gasteiger partial charge >= 0.3 is 0 Å². The molecule has 0 fully saturated rings. The van der Waals surface area contributed by atoms with E-state index in [-0.39, 0.29) is 0 Å². The summed E-state index contributed by atoms with van der Waals surface area (Å²) in [5, 5.41) is 2.63. The number of carbonyl (C=O) groups excluding carboxylic acids is 2. The fourth-order valence-corrected chi connectivity index (χ4v) is 2.16. The van der Waals surface area contributed by atoms with Crippen molar-refractivity contribution < 1.29 is 19.1 Å². The summed E-state index contributed by atoms with van der Waals surface area (Å²) in [7, 11) is 2.99. The van der Waals surface area contributed by atoms with Crippen molar-refractivity contribution in [3.05, 3.63) is 59.7 Å². The third-order valence-electron chi connectivity index (χ3n) is 3.34. The van der Waals surface area contributed by atoms with Gasteiger partial charge < -0.3 is 20.5 Å². The molecule has 120 valence electrons. The third kappa shape index (κ3) is 3.79. The lowest BCUT2D eigenvalue weighted by molar-refractivity contribution is -0.120. The van der Waals surface area contributed by atoms with E-state index in [1.165, 1.54) is 20.3 Å². The largest absolute Gasteiger partial charge is 0.493 e. The quantitative estimate of drug-likeness (QED) is 0.848. The van der Waals surface area contributed by atoms with E-state index in [9.17, 15) is 9.59 Å². The van der Waals surface area contributed by atoms with Crippen molar-refractivity contribution in [3.63, 3.8) is 0 Å². The Morgan fingerprint density at radius 3 is 2.22 bits per heavy atom. The van der Waals surface area contributed by atoms with E-state index in [0.717, 1.165) is 0 Å². The van der Waals surface area contributed by atoms with Crippen LogP contribution in [0.15, 0.2) is 48.5 Å². The molecule has 1 atom stereocenters. The normalized spacial score (nSPS) is 11.4. The van der Waals surface area contributed by atoms with Crippen molar-refractivity contribution >= 4 is 11.8 Å².